The average molecular weight is 726 g/mol. The molecule has 0 atom stereocenters. The van der Waals surface area contributed by atoms with Gasteiger partial charge in [-0.1, -0.05) is 151 Å². The smallest absolute Gasteiger partial charge is 0.167 e. The van der Waals surface area contributed by atoms with Crippen molar-refractivity contribution in [3.8, 4) is 62.1 Å². The molecule has 0 unspecified atom stereocenters. The zero-order valence-electron chi connectivity index (χ0n) is 38.5. The molecule has 5 nitrogen and oxygen atoms in total. The van der Waals surface area contributed by atoms with Gasteiger partial charge in [-0.3, -0.25) is 0 Å². The van der Waals surface area contributed by atoms with Gasteiger partial charge in [-0.15, -0.1) is 0 Å². The Kier molecular flexibility index (Phi) is 5.57. The molecule has 0 aliphatic heterocycles. The molecule has 11 aromatic rings. The molecule has 56 heavy (non-hydrogen) atoms. The highest BCUT2D eigenvalue weighted by Crippen LogP contribution is 2.39. The van der Waals surface area contributed by atoms with Crippen LogP contribution in [-0.4, -0.2) is 19.5 Å². The van der Waals surface area contributed by atoms with Crippen LogP contribution >= 0.6 is 0 Å². The summed E-state index contributed by atoms with van der Waals surface area (Å²) in [6.07, 6.45) is 0. The van der Waals surface area contributed by atoms with Crippen LogP contribution in [-0.2, 0) is 0 Å². The third kappa shape index (κ3) is 5.29. The van der Waals surface area contributed by atoms with E-state index in [-0.39, 0.29) is 34.1 Å². The first-order valence-electron chi connectivity index (χ1n) is 22.5. The van der Waals surface area contributed by atoms with Crippen molar-refractivity contribution in [1.29, 1.82) is 0 Å². The van der Waals surface area contributed by atoms with Crippen molar-refractivity contribution < 1.29 is 16.8 Å². The van der Waals surface area contributed by atoms with Crippen LogP contribution in [0.15, 0.2) is 198 Å². The average Bonchev–Trinajstić information content (AvgIpc) is 3.91. The van der Waals surface area contributed by atoms with Gasteiger partial charge < -0.3 is 8.98 Å². The second-order valence-electron chi connectivity index (χ2n) is 13.3. The Hall–Kier alpha value is -7.63. The summed E-state index contributed by atoms with van der Waals surface area (Å²) in [5.41, 5.74) is 6.76. The standard InChI is InChI=1S/C51H32N4O/c1-3-13-33(14-4-1)34-25-27-36(28-26-34)49-52-50(54-51(53-49)44-22-12-21-43-41-18-8-10-24-46(41)56-48(43)44)37-29-31-38(32-30-37)55-45-23-9-7-17-40(45)42-20-11-19-39(47(42)55)35-15-5-2-6-16-35/h1-32H/i2D,5D,6D,7D,9D,15D,16D,17D,23D. The molecule has 8 aromatic carbocycles. The second-order valence-corrected chi connectivity index (χ2v) is 13.3. The van der Waals surface area contributed by atoms with Gasteiger partial charge in [0.25, 0.3) is 0 Å². The Balaban J connectivity index is 1.12. The van der Waals surface area contributed by atoms with E-state index in [1.165, 1.54) is 0 Å². The van der Waals surface area contributed by atoms with Crippen LogP contribution < -0.4 is 0 Å². The van der Waals surface area contributed by atoms with Crippen molar-refractivity contribution in [3.63, 3.8) is 0 Å². The predicted molar refractivity (Wildman–Crippen MR) is 229 cm³/mol. The maximum atomic E-state index is 9.14. The molecule has 262 valence electrons. The summed E-state index contributed by atoms with van der Waals surface area (Å²) < 4.78 is 86.4. The predicted octanol–water partition coefficient (Wildman–Crippen LogP) is 13.2. The van der Waals surface area contributed by atoms with Crippen molar-refractivity contribution in [3.05, 3.63) is 194 Å². The first-order chi connectivity index (χ1) is 31.5. The first-order valence-corrected chi connectivity index (χ1v) is 18.0. The molecule has 0 fully saturated rings. The SMILES string of the molecule is [2H]c1c([2H])c([2H])c(-c2cccc3c4c([2H])c([2H])c([2H])c([2H])c4n(-c4ccc(-c5nc(-c6ccc(-c7ccccc7)cc6)nc(-c6cccc7c6oc6ccccc67)n5)cc4)c23)c([2H])c1[2H]. The van der Waals surface area contributed by atoms with Gasteiger partial charge >= 0.3 is 0 Å². The Labute approximate surface area is 335 Å². The van der Waals surface area contributed by atoms with Gasteiger partial charge in [-0.2, -0.15) is 0 Å². The lowest BCUT2D eigenvalue weighted by Gasteiger charge is -2.13. The zero-order chi connectivity index (χ0) is 44.8. The fraction of sp³-hybridized carbons (Fsp3) is 0. The molecule has 0 saturated carbocycles. The minimum absolute atomic E-state index is 0.0564. The minimum Gasteiger partial charge on any atom is -0.455 e. The zero-order valence-corrected chi connectivity index (χ0v) is 29.5. The quantitative estimate of drug-likeness (QED) is 0.171. The molecule has 3 heterocycles. The highest BCUT2D eigenvalue weighted by molar-refractivity contribution is 6.14. The number of hydrogen-bond acceptors (Lipinski definition) is 4. The maximum Gasteiger partial charge on any atom is 0.167 e. The van der Waals surface area contributed by atoms with Gasteiger partial charge in [-0.25, -0.2) is 15.0 Å². The summed E-state index contributed by atoms with van der Waals surface area (Å²) in [7, 11) is 0. The summed E-state index contributed by atoms with van der Waals surface area (Å²) in [4.78, 5) is 15.1. The molecule has 0 aliphatic rings. The molecule has 3 aromatic heterocycles. The topological polar surface area (TPSA) is 56.7 Å². The van der Waals surface area contributed by atoms with E-state index < -0.39 is 42.3 Å². The van der Waals surface area contributed by atoms with E-state index in [9.17, 15) is 0 Å². The van der Waals surface area contributed by atoms with Crippen LogP contribution in [0.25, 0.3) is 106 Å². The lowest BCUT2D eigenvalue weighted by molar-refractivity contribution is 0.669. The van der Waals surface area contributed by atoms with Crippen molar-refractivity contribution in [2.24, 2.45) is 0 Å². The molecule has 0 saturated heterocycles. The van der Waals surface area contributed by atoms with Crippen molar-refractivity contribution in [1.82, 2.24) is 19.5 Å². The molecule has 0 amide bonds. The fourth-order valence-electron chi connectivity index (χ4n) is 7.49. The summed E-state index contributed by atoms with van der Waals surface area (Å²) >= 11 is 0. The lowest BCUT2D eigenvalue weighted by atomic mass is 10.0. The van der Waals surface area contributed by atoms with Crippen LogP contribution in [0.3, 0.4) is 0 Å². The number of nitrogens with zero attached hydrogens (tertiary/aromatic N) is 4. The van der Waals surface area contributed by atoms with Crippen molar-refractivity contribution >= 4 is 43.7 Å². The Morgan fingerprint density at radius 3 is 1.79 bits per heavy atom. The number of aromatic nitrogens is 4. The fourth-order valence-corrected chi connectivity index (χ4v) is 7.49. The van der Waals surface area contributed by atoms with Gasteiger partial charge in [0, 0.05) is 43.9 Å². The number of rotatable bonds is 6. The normalized spacial score (nSPS) is 13.8. The molecule has 11 rings (SSSR count). The number of fused-ring (bicyclic) bond motifs is 6. The molecular weight excluding hydrogens is 685 g/mol. The molecule has 0 bridgehead atoms. The third-order valence-electron chi connectivity index (χ3n) is 10.1. The third-order valence-corrected chi connectivity index (χ3v) is 10.1. The molecule has 0 spiro atoms. The second kappa shape index (κ2) is 13.0. The highest BCUT2D eigenvalue weighted by Gasteiger charge is 2.19. The van der Waals surface area contributed by atoms with E-state index in [1.807, 2.05) is 97.1 Å². The van der Waals surface area contributed by atoms with E-state index in [1.54, 1.807) is 34.9 Å². The summed E-state index contributed by atoms with van der Waals surface area (Å²) in [6, 6.07) is 40.2. The number of hydrogen-bond donors (Lipinski definition) is 0. The Bertz CT molecular complexity index is 3730. The monoisotopic (exact) mass is 725 g/mol. The van der Waals surface area contributed by atoms with E-state index in [0.29, 0.717) is 50.8 Å². The number of para-hydroxylation sites is 4. The summed E-state index contributed by atoms with van der Waals surface area (Å²) in [5, 5.41) is 2.54. The van der Waals surface area contributed by atoms with Gasteiger partial charge in [0.15, 0.2) is 17.5 Å². The Morgan fingerprint density at radius 1 is 0.411 bits per heavy atom. The van der Waals surface area contributed by atoms with Gasteiger partial charge in [0.05, 0.1) is 28.9 Å². The Morgan fingerprint density at radius 2 is 1.00 bits per heavy atom. The molecule has 0 N–H and O–H groups in total. The highest BCUT2D eigenvalue weighted by atomic mass is 16.3. The van der Waals surface area contributed by atoms with Crippen LogP contribution in [0.5, 0.6) is 0 Å². The van der Waals surface area contributed by atoms with Crippen molar-refractivity contribution in [2.75, 3.05) is 0 Å². The van der Waals surface area contributed by atoms with Crippen LogP contribution in [0.4, 0.5) is 0 Å². The maximum absolute atomic E-state index is 9.14. The molecule has 0 radical (unpaired) electrons. The van der Waals surface area contributed by atoms with Crippen molar-refractivity contribution in [2.45, 2.75) is 0 Å². The van der Waals surface area contributed by atoms with Crippen LogP contribution in [0.1, 0.15) is 12.3 Å². The summed E-state index contributed by atoms with van der Waals surface area (Å²) in [6.45, 7) is 0. The molecule has 5 heteroatoms. The van der Waals surface area contributed by atoms with Gasteiger partial charge in [-0.05, 0) is 59.1 Å². The van der Waals surface area contributed by atoms with Crippen LogP contribution in [0.2, 0.25) is 0 Å². The molecule has 0 aliphatic carbocycles. The van der Waals surface area contributed by atoms with Gasteiger partial charge in [0.1, 0.15) is 11.2 Å². The minimum atomic E-state index is -0.533. The van der Waals surface area contributed by atoms with E-state index in [2.05, 4.69) is 12.1 Å². The van der Waals surface area contributed by atoms with Crippen LogP contribution in [0, 0.1) is 0 Å². The first kappa shape index (κ1) is 23.9. The number of furan rings is 1. The largest absolute Gasteiger partial charge is 0.455 e. The molecular formula is C51H32N4O. The number of benzene rings is 8. The van der Waals surface area contributed by atoms with E-state index in [0.717, 1.165) is 33.0 Å². The summed E-state index contributed by atoms with van der Waals surface area (Å²) in [5.74, 6) is 1.19. The van der Waals surface area contributed by atoms with E-state index in [4.69, 9.17) is 31.7 Å². The van der Waals surface area contributed by atoms with E-state index >= 15 is 0 Å². The van der Waals surface area contributed by atoms with Gasteiger partial charge in [0.2, 0.25) is 0 Å². The lowest BCUT2D eigenvalue weighted by Crippen LogP contribution is -2.01.